The molecule has 35 heavy (non-hydrogen) atoms. The van der Waals surface area contributed by atoms with Crippen LogP contribution in [0.1, 0.15) is 34.7 Å². The number of piperidine rings is 1. The van der Waals surface area contributed by atoms with E-state index in [2.05, 4.69) is 0 Å². The number of carbonyl (C=O) groups is 2. The van der Waals surface area contributed by atoms with Crippen molar-refractivity contribution in [2.24, 2.45) is 11.7 Å². The van der Waals surface area contributed by atoms with Crippen molar-refractivity contribution in [3.05, 3.63) is 68.7 Å². The van der Waals surface area contributed by atoms with Crippen LogP contribution in [-0.2, 0) is 9.53 Å². The molecule has 4 atom stereocenters. The predicted molar refractivity (Wildman–Crippen MR) is 142 cm³/mol. The summed E-state index contributed by atoms with van der Waals surface area (Å²) in [7, 11) is 1.80. The van der Waals surface area contributed by atoms with Crippen molar-refractivity contribution in [1.29, 1.82) is 0 Å². The van der Waals surface area contributed by atoms with Crippen LogP contribution in [0.3, 0.4) is 0 Å². The number of ether oxygens (including phenoxy) is 1. The molecule has 10 heteroatoms. The van der Waals surface area contributed by atoms with E-state index in [-0.39, 0.29) is 48.1 Å². The zero-order chi connectivity index (χ0) is 24.4. The molecule has 0 aliphatic carbocycles. The van der Waals surface area contributed by atoms with Crippen molar-refractivity contribution in [2.45, 2.75) is 30.8 Å². The summed E-state index contributed by atoms with van der Waals surface area (Å²) in [5, 5.41) is 1.48. The van der Waals surface area contributed by atoms with E-state index in [9.17, 15) is 9.59 Å². The molecule has 6 nitrogen and oxygen atoms in total. The molecule has 0 bridgehead atoms. The van der Waals surface area contributed by atoms with Gasteiger partial charge in [-0.3, -0.25) is 9.59 Å². The number of nitrogens with two attached hydrogens (primary N) is 1. The molecule has 2 aromatic rings. The van der Waals surface area contributed by atoms with Crippen molar-refractivity contribution in [1.82, 2.24) is 9.80 Å². The first-order valence-electron chi connectivity index (χ1n) is 11.4. The van der Waals surface area contributed by atoms with Gasteiger partial charge in [0.05, 0.1) is 22.6 Å². The van der Waals surface area contributed by atoms with Crippen LogP contribution >= 0.6 is 47.2 Å². The highest BCUT2D eigenvalue weighted by molar-refractivity contribution is 6.42. The molecule has 2 N–H and O–H groups in total. The molecule has 0 saturated carbocycles. The van der Waals surface area contributed by atoms with Crippen molar-refractivity contribution in [3.63, 3.8) is 0 Å². The second kappa shape index (κ2) is 12.1. The van der Waals surface area contributed by atoms with Crippen LogP contribution in [0.5, 0.6) is 0 Å². The summed E-state index contributed by atoms with van der Waals surface area (Å²) in [6.45, 7) is 1.93. The van der Waals surface area contributed by atoms with E-state index in [1.807, 2.05) is 17.0 Å². The topological polar surface area (TPSA) is 75.9 Å². The zero-order valence-corrected chi connectivity index (χ0v) is 22.4. The average molecular weight is 561 g/mol. The minimum atomic E-state index is -0.309. The summed E-state index contributed by atoms with van der Waals surface area (Å²) in [4.78, 5) is 30.3. The molecule has 2 aliphatic heterocycles. The summed E-state index contributed by atoms with van der Waals surface area (Å²) >= 11 is 18.5. The number of rotatable bonds is 4. The molecular formula is C25H29Cl4N3O3. The minimum Gasteiger partial charge on any atom is -0.380 e. The van der Waals surface area contributed by atoms with Gasteiger partial charge in [-0.25, -0.2) is 0 Å². The maximum atomic E-state index is 13.4. The van der Waals surface area contributed by atoms with E-state index in [1.54, 1.807) is 42.3 Å². The van der Waals surface area contributed by atoms with E-state index in [0.29, 0.717) is 59.8 Å². The second-order valence-corrected chi connectivity index (χ2v) is 10.2. The maximum Gasteiger partial charge on any atom is 0.253 e. The Balaban J connectivity index is 0.00000342. The first-order valence-corrected chi connectivity index (χ1v) is 12.5. The Morgan fingerprint density at radius 3 is 2.43 bits per heavy atom. The van der Waals surface area contributed by atoms with Crippen LogP contribution in [0.15, 0.2) is 42.5 Å². The molecule has 4 rings (SSSR count). The molecule has 2 saturated heterocycles. The van der Waals surface area contributed by atoms with Gasteiger partial charge in [-0.2, -0.15) is 0 Å². The lowest BCUT2D eigenvalue weighted by molar-refractivity contribution is -0.141. The fraction of sp³-hybridized carbons (Fsp3) is 0.440. The van der Waals surface area contributed by atoms with Crippen LogP contribution in [0.25, 0.3) is 0 Å². The lowest BCUT2D eigenvalue weighted by Crippen LogP contribution is -2.55. The summed E-state index contributed by atoms with van der Waals surface area (Å²) in [6.07, 6.45) is 1.25. The van der Waals surface area contributed by atoms with Gasteiger partial charge >= 0.3 is 0 Å². The Labute approximate surface area is 227 Å². The van der Waals surface area contributed by atoms with Crippen LogP contribution in [0, 0.1) is 5.92 Å². The number of hydrogen-bond acceptors (Lipinski definition) is 4. The fourth-order valence-electron chi connectivity index (χ4n) is 4.92. The Bertz CT molecular complexity index is 1050. The van der Waals surface area contributed by atoms with Crippen molar-refractivity contribution < 1.29 is 14.3 Å². The summed E-state index contributed by atoms with van der Waals surface area (Å²) in [5.41, 5.74) is 7.69. The second-order valence-electron chi connectivity index (χ2n) is 8.98. The van der Waals surface area contributed by atoms with E-state index in [0.717, 1.165) is 5.56 Å². The van der Waals surface area contributed by atoms with Gasteiger partial charge < -0.3 is 20.3 Å². The van der Waals surface area contributed by atoms with Crippen LogP contribution in [-0.4, -0.2) is 67.0 Å². The molecule has 0 spiro atoms. The first kappa shape index (κ1) is 28.0. The third-order valence-electron chi connectivity index (χ3n) is 6.89. The lowest BCUT2D eigenvalue weighted by atomic mass is 9.83. The fourth-order valence-corrected chi connectivity index (χ4v) is 5.35. The smallest absolute Gasteiger partial charge is 0.253 e. The molecular weight excluding hydrogens is 532 g/mol. The van der Waals surface area contributed by atoms with Crippen LogP contribution < -0.4 is 5.73 Å². The molecule has 2 fully saturated rings. The van der Waals surface area contributed by atoms with Gasteiger partial charge in [-0.1, -0.05) is 40.9 Å². The van der Waals surface area contributed by atoms with Crippen molar-refractivity contribution in [3.8, 4) is 0 Å². The number of halogens is 4. The Morgan fingerprint density at radius 2 is 1.77 bits per heavy atom. The summed E-state index contributed by atoms with van der Waals surface area (Å²) in [6, 6.07) is 11.9. The Hall–Kier alpha value is -1.54. The van der Waals surface area contributed by atoms with Gasteiger partial charge in [-0.15, -0.1) is 12.4 Å². The van der Waals surface area contributed by atoms with E-state index in [1.165, 1.54) is 0 Å². The summed E-state index contributed by atoms with van der Waals surface area (Å²) in [5.74, 6) is -0.443. The third-order valence-corrected chi connectivity index (χ3v) is 7.88. The highest BCUT2D eigenvalue weighted by Gasteiger charge is 2.40. The standard InChI is InChI=1S/C25H28Cl3N3O3.ClH/c1-30(24(32)15-2-5-17(26)6-3-15)23-8-10-31(25(33)18-9-11-34-14-22(18)29)13-19(23)16-4-7-20(27)21(28)12-16;/h2-7,12,18-19,22-23H,8-11,13-14,29H2,1H3;1H/t18-,19-,22+,23+;/m0./s1. The molecule has 0 radical (unpaired) electrons. The average Bonchev–Trinajstić information content (AvgIpc) is 2.85. The number of nitrogens with zero attached hydrogens (tertiary/aromatic N) is 2. The monoisotopic (exact) mass is 559 g/mol. The molecule has 0 unspecified atom stereocenters. The lowest BCUT2D eigenvalue weighted by Gasteiger charge is -2.44. The van der Waals surface area contributed by atoms with Crippen LogP contribution in [0.4, 0.5) is 0 Å². The highest BCUT2D eigenvalue weighted by atomic mass is 35.5. The Kier molecular flexibility index (Phi) is 9.72. The van der Waals surface area contributed by atoms with Gasteiger partial charge in [0.15, 0.2) is 0 Å². The molecule has 2 aromatic carbocycles. The van der Waals surface area contributed by atoms with E-state index < -0.39 is 0 Å². The van der Waals surface area contributed by atoms with Gasteiger partial charge in [0.1, 0.15) is 0 Å². The SMILES string of the molecule is CN(C(=O)c1ccc(Cl)cc1)[C@@H]1CCN(C(=O)[C@H]2CCOC[C@H]2N)C[C@H]1c1ccc(Cl)c(Cl)c1.Cl. The number of amides is 2. The number of benzene rings is 2. The number of likely N-dealkylation sites (N-methyl/N-ethyl adjacent to an activating group) is 1. The Morgan fingerprint density at radius 1 is 1.06 bits per heavy atom. The van der Waals surface area contributed by atoms with Gasteiger partial charge in [0.2, 0.25) is 5.91 Å². The minimum absolute atomic E-state index is 0. The first-order chi connectivity index (χ1) is 16.3. The predicted octanol–water partition coefficient (Wildman–Crippen LogP) is 4.89. The van der Waals surface area contributed by atoms with Crippen LogP contribution in [0.2, 0.25) is 15.1 Å². The number of carbonyl (C=O) groups excluding carboxylic acids is 2. The largest absolute Gasteiger partial charge is 0.380 e. The maximum absolute atomic E-state index is 13.4. The number of hydrogen-bond donors (Lipinski definition) is 1. The quantitative estimate of drug-likeness (QED) is 0.577. The van der Waals surface area contributed by atoms with Crippen molar-refractivity contribution in [2.75, 3.05) is 33.4 Å². The molecule has 2 aliphatic rings. The molecule has 0 aromatic heterocycles. The third kappa shape index (κ3) is 6.24. The highest BCUT2D eigenvalue weighted by Crippen LogP contribution is 2.35. The van der Waals surface area contributed by atoms with Gasteiger partial charge in [-0.05, 0) is 54.8 Å². The summed E-state index contributed by atoms with van der Waals surface area (Å²) < 4.78 is 5.41. The van der Waals surface area contributed by atoms with E-state index >= 15 is 0 Å². The normalized spacial score (nSPS) is 24.4. The van der Waals surface area contributed by atoms with Gasteiger partial charge in [0.25, 0.3) is 5.91 Å². The van der Waals surface area contributed by atoms with Gasteiger partial charge in [0, 0.05) is 55.3 Å². The molecule has 2 heterocycles. The zero-order valence-electron chi connectivity index (χ0n) is 19.3. The van der Waals surface area contributed by atoms with Crippen molar-refractivity contribution >= 4 is 59.0 Å². The molecule has 2 amide bonds. The van der Waals surface area contributed by atoms with E-state index in [4.69, 9.17) is 45.3 Å². The molecule has 190 valence electrons. The number of likely N-dealkylation sites (tertiary alicyclic amines) is 1.